The third-order valence-corrected chi connectivity index (χ3v) is 3.23. The number of nitrogens with zero attached hydrogens (tertiary/aromatic N) is 4. The van der Waals surface area contributed by atoms with E-state index in [1.54, 1.807) is 0 Å². The van der Waals surface area contributed by atoms with E-state index >= 15 is 0 Å². The molecular formula is C12H23N5. The summed E-state index contributed by atoms with van der Waals surface area (Å²) in [7, 11) is 0. The molecule has 1 aromatic rings. The second-order valence-corrected chi connectivity index (χ2v) is 5.85. The molecule has 5 nitrogen and oxygen atoms in total. The maximum absolute atomic E-state index is 4.26. The fourth-order valence-electron chi connectivity index (χ4n) is 2.02. The largest absolute Gasteiger partial charge is 0.314 e. The summed E-state index contributed by atoms with van der Waals surface area (Å²) in [5, 5.41) is 11.9. The molecule has 1 unspecified atom stereocenters. The molecule has 1 aliphatic heterocycles. The van der Waals surface area contributed by atoms with Gasteiger partial charge in [-0.3, -0.25) is 4.90 Å². The maximum atomic E-state index is 4.26. The number of aromatic nitrogens is 3. The molecule has 1 saturated heterocycles. The van der Waals surface area contributed by atoms with Crippen LogP contribution >= 0.6 is 0 Å². The average Bonchev–Trinajstić information content (AvgIpc) is 2.69. The molecule has 0 radical (unpaired) electrons. The standard InChI is InChI=1S/C12H23N5/c1-10-7-13-5-6-16(10)8-11-9-17(15-14-11)12(2,3)4/h9-10,13H,5-8H2,1-4H3. The van der Waals surface area contributed by atoms with Gasteiger partial charge in [0.05, 0.1) is 17.4 Å². The molecule has 0 spiro atoms. The van der Waals surface area contributed by atoms with Crippen LogP contribution in [0.5, 0.6) is 0 Å². The number of nitrogens with one attached hydrogen (secondary N) is 1. The van der Waals surface area contributed by atoms with Crippen molar-refractivity contribution in [2.75, 3.05) is 19.6 Å². The lowest BCUT2D eigenvalue weighted by atomic mass is 10.1. The minimum Gasteiger partial charge on any atom is -0.314 e. The zero-order chi connectivity index (χ0) is 12.5. The summed E-state index contributed by atoms with van der Waals surface area (Å²) < 4.78 is 1.94. The van der Waals surface area contributed by atoms with Gasteiger partial charge in [-0.05, 0) is 27.7 Å². The van der Waals surface area contributed by atoms with Crippen LogP contribution in [-0.4, -0.2) is 45.6 Å². The van der Waals surface area contributed by atoms with Gasteiger partial charge in [0.1, 0.15) is 0 Å². The van der Waals surface area contributed by atoms with E-state index in [2.05, 4.69) is 54.4 Å². The summed E-state index contributed by atoms with van der Waals surface area (Å²) in [4.78, 5) is 2.45. The average molecular weight is 237 g/mol. The monoisotopic (exact) mass is 237 g/mol. The van der Waals surface area contributed by atoms with Crippen LogP contribution in [0.25, 0.3) is 0 Å². The van der Waals surface area contributed by atoms with E-state index in [9.17, 15) is 0 Å². The third kappa shape index (κ3) is 3.04. The van der Waals surface area contributed by atoms with E-state index in [0.717, 1.165) is 31.9 Å². The molecule has 17 heavy (non-hydrogen) atoms. The van der Waals surface area contributed by atoms with Crippen molar-refractivity contribution < 1.29 is 0 Å². The van der Waals surface area contributed by atoms with Crippen LogP contribution in [0.3, 0.4) is 0 Å². The van der Waals surface area contributed by atoms with Crippen molar-refractivity contribution in [3.63, 3.8) is 0 Å². The van der Waals surface area contributed by atoms with Gasteiger partial charge >= 0.3 is 0 Å². The summed E-state index contributed by atoms with van der Waals surface area (Å²) in [5.41, 5.74) is 1.08. The molecule has 1 aromatic heterocycles. The fourth-order valence-corrected chi connectivity index (χ4v) is 2.02. The first-order chi connectivity index (χ1) is 7.97. The first-order valence-electron chi connectivity index (χ1n) is 6.33. The first kappa shape index (κ1) is 12.5. The van der Waals surface area contributed by atoms with E-state index in [-0.39, 0.29) is 5.54 Å². The van der Waals surface area contributed by atoms with Crippen LogP contribution in [0.4, 0.5) is 0 Å². The lowest BCUT2D eigenvalue weighted by Crippen LogP contribution is -2.49. The van der Waals surface area contributed by atoms with Gasteiger partial charge in [0.2, 0.25) is 0 Å². The normalized spacial score (nSPS) is 22.9. The first-order valence-corrected chi connectivity index (χ1v) is 6.33. The minimum absolute atomic E-state index is 0.0142. The highest BCUT2D eigenvalue weighted by Gasteiger charge is 2.20. The van der Waals surface area contributed by atoms with Crippen molar-refractivity contribution in [1.82, 2.24) is 25.2 Å². The summed E-state index contributed by atoms with van der Waals surface area (Å²) in [5.74, 6) is 0. The highest BCUT2D eigenvalue weighted by molar-refractivity contribution is 4.96. The van der Waals surface area contributed by atoms with Crippen LogP contribution in [0.2, 0.25) is 0 Å². The number of hydrogen-bond donors (Lipinski definition) is 1. The number of piperazine rings is 1. The molecule has 0 saturated carbocycles. The van der Waals surface area contributed by atoms with Gasteiger partial charge in [0.15, 0.2) is 0 Å². The van der Waals surface area contributed by atoms with Crippen LogP contribution < -0.4 is 5.32 Å². The molecule has 1 atom stereocenters. The quantitative estimate of drug-likeness (QED) is 0.827. The molecular weight excluding hydrogens is 214 g/mol. The van der Waals surface area contributed by atoms with E-state index in [1.807, 2.05) is 4.68 Å². The van der Waals surface area contributed by atoms with Gasteiger partial charge in [-0.15, -0.1) is 5.10 Å². The molecule has 1 fully saturated rings. The minimum atomic E-state index is 0.0142. The van der Waals surface area contributed by atoms with E-state index in [4.69, 9.17) is 0 Å². The van der Waals surface area contributed by atoms with E-state index < -0.39 is 0 Å². The van der Waals surface area contributed by atoms with Crippen molar-refractivity contribution in [1.29, 1.82) is 0 Å². The second kappa shape index (κ2) is 4.74. The summed E-state index contributed by atoms with van der Waals surface area (Å²) >= 11 is 0. The molecule has 96 valence electrons. The molecule has 5 heteroatoms. The highest BCUT2D eigenvalue weighted by atomic mass is 15.4. The van der Waals surface area contributed by atoms with Gasteiger partial charge in [-0.2, -0.15) is 0 Å². The van der Waals surface area contributed by atoms with Crippen LogP contribution in [0.15, 0.2) is 6.20 Å². The predicted molar refractivity (Wildman–Crippen MR) is 67.8 cm³/mol. The van der Waals surface area contributed by atoms with Crippen molar-refractivity contribution >= 4 is 0 Å². The Hall–Kier alpha value is -0.940. The Bertz CT molecular complexity index is 365. The van der Waals surface area contributed by atoms with Crippen LogP contribution in [-0.2, 0) is 12.1 Å². The Morgan fingerprint density at radius 3 is 2.82 bits per heavy atom. The Balaban J connectivity index is 2.01. The third-order valence-electron chi connectivity index (χ3n) is 3.23. The van der Waals surface area contributed by atoms with Gasteiger partial charge < -0.3 is 5.32 Å². The fraction of sp³-hybridized carbons (Fsp3) is 0.833. The van der Waals surface area contributed by atoms with Gasteiger partial charge in [-0.1, -0.05) is 5.21 Å². The molecule has 0 bridgehead atoms. The van der Waals surface area contributed by atoms with Gasteiger partial charge in [-0.25, -0.2) is 4.68 Å². The molecule has 0 aliphatic carbocycles. The summed E-state index contributed by atoms with van der Waals surface area (Å²) in [6.07, 6.45) is 2.06. The SMILES string of the molecule is CC1CNCCN1Cc1cn(C(C)(C)C)nn1. The van der Waals surface area contributed by atoms with Crippen LogP contribution in [0, 0.1) is 0 Å². The van der Waals surface area contributed by atoms with Crippen LogP contribution in [0.1, 0.15) is 33.4 Å². The number of rotatable bonds is 2. The Morgan fingerprint density at radius 2 is 2.24 bits per heavy atom. The Labute approximate surface area is 103 Å². The van der Waals surface area contributed by atoms with Crippen molar-refractivity contribution in [2.24, 2.45) is 0 Å². The zero-order valence-corrected chi connectivity index (χ0v) is 11.3. The van der Waals surface area contributed by atoms with Gasteiger partial charge in [0, 0.05) is 32.2 Å². The molecule has 0 aromatic carbocycles. The van der Waals surface area contributed by atoms with Gasteiger partial charge in [0.25, 0.3) is 0 Å². The van der Waals surface area contributed by atoms with Crippen molar-refractivity contribution in [2.45, 2.75) is 45.8 Å². The van der Waals surface area contributed by atoms with Crippen molar-refractivity contribution in [3.05, 3.63) is 11.9 Å². The lowest BCUT2D eigenvalue weighted by Gasteiger charge is -2.33. The Morgan fingerprint density at radius 1 is 1.47 bits per heavy atom. The highest BCUT2D eigenvalue weighted by Crippen LogP contribution is 2.13. The predicted octanol–water partition coefficient (Wildman–Crippen LogP) is 0.827. The zero-order valence-electron chi connectivity index (χ0n) is 11.3. The summed E-state index contributed by atoms with van der Waals surface area (Å²) in [6, 6.07) is 0.573. The lowest BCUT2D eigenvalue weighted by molar-refractivity contribution is 0.163. The second-order valence-electron chi connectivity index (χ2n) is 5.85. The molecule has 1 N–H and O–H groups in total. The molecule has 0 amide bonds. The number of hydrogen-bond acceptors (Lipinski definition) is 4. The molecule has 2 rings (SSSR count). The smallest absolute Gasteiger partial charge is 0.0967 e. The topological polar surface area (TPSA) is 46.0 Å². The van der Waals surface area contributed by atoms with Crippen molar-refractivity contribution in [3.8, 4) is 0 Å². The van der Waals surface area contributed by atoms with E-state index in [0.29, 0.717) is 6.04 Å². The Kier molecular flexibility index (Phi) is 3.49. The molecule has 1 aliphatic rings. The maximum Gasteiger partial charge on any atom is 0.0967 e. The van der Waals surface area contributed by atoms with E-state index in [1.165, 1.54) is 0 Å². The molecule has 2 heterocycles. The summed E-state index contributed by atoms with van der Waals surface area (Å²) in [6.45, 7) is 12.8.